The molecule has 0 unspecified atom stereocenters. The van der Waals surface area contributed by atoms with E-state index in [9.17, 15) is 9.18 Å². The van der Waals surface area contributed by atoms with Crippen LogP contribution in [0.2, 0.25) is 0 Å². The van der Waals surface area contributed by atoms with Crippen LogP contribution in [-0.4, -0.2) is 53.3 Å². The molecule has 4 nitrogen and oxygen atoms in total. The first kappa shape index (κ1) is 18.8. The van der Waals surface area contributed by atoms with E-state index < -0.39 is 0 Å². The average Bonchev–Trinajstić information content (AvgIpc) is 2.87. The topological polar surface area (TPSA) is 39.3 Å². The Morgan fingerprint density at radius 2 is 1.71 bits per heavy atom. The highest BCUT2D eigenvalue weighted by Gasteiger charge is 2.21. The summed E-state index contributed by atoms with van der Waals surface area (Å²) >= 11 is 0. The Hall–Kier alpha value is -2.50. The number of halogens is 1. The zero-order chi connectivity index (χ0) is 19.5. The Balaban J connectivity index is 1.40. The minimum Gasteiger partial charge on any atom is -0.358 e. The van der Waals surface area contributed by atoms with Gasteiger partial charge in [0.05, 0.1) is 6.54 Å². The molecule has 5 heteroatoms. The molecular weight excluding hydrogens is 353 g/mol. The smallest absolute Gasteiger partial charge is 0.179 e. The lowest BCUT2D eigenvalue weighted by Gasteiger charge is -2.21. The van der Waals surface area contributed by atoms with Crippen LogP contribution in [0.4, 0.5) is 4.39 Å². The summed E-state index contributed by atoms with van der Waals surface area (Å²) in [5, 5.41) is 1.00. The van der Waals surface area contributed by atoms with Crippen LogP contribution >= 0.6 is 0 Å². The number of nitrogens with one attached hydrogen (secondary N) is 1. The number of aromatic amines is 1. The van der Waals surface area contributed by atoms with Crippen molar-refractivity contribution < 1.29 is 9.18 Å². The van der Waals surface area contributed by atoms with Gasteiger partial charge in [-0.25, -0.2) is 4.39 Å². The minimum absolute atomic E-state index is 0.145. The minimum atomic E-state index is -0.145. The van der Waals surface area contributed by atoms with E-state index in [1.807, 2.05) is 43.3 Å². The Kier molecular flexibility index (Phi) is 5.55. The molecule has 0 bridgehead atoms. The number of aromatic nitrogens is 1. The maximum Gasteiger partial charge on any atom is 0.179 e. The molecule has 3 aromatic rings. The van der Waals surface area contributed by atoms with E-state index in [0.29, 0.717) is 13.1 Å². The van der Waals surface area contributed by atoms with Crippen LogP contribution in [0.15, 0.2) is 48.5 Å². The van der Waals surface area contributed by atoms with Crippen LogP contribution < -0.4 is 0 Å². The van der Waals surface area contributed by atoms with E-state index in [1.165, 1.54) is 6.07 Å². The molecule has 1 fully saturated rings. The van der Waals surface area contributed by atoms with Gasteiger partial charge in [-0.15, -0.1) is 0 Å². The Morgan fingerprint density at radius 3 is 2.57 bits per heavy atom. The molecule has 1 aliphatic rings. The summed E-state index contributed by atoms with van der Waals surface area (Å²) in [6, 6.07) is 14.9. The molecule has 28 heavy (non-hydrogen) atoms. The number of hydrogen-bond acceptors (Lipinski definition) is 3. The summed E-state index contributed by atoms with van der Waals surface area (Å²) in [5.41, 5.74) is 3.49. The molecule has 0 radical (unpaired) electrons. The molecule has 0 saturated carbocycles. The SMILES string of the molecule is Cc1[nH]c2ccccc2c1C(=O)CN1CCCN(Cc2ccccc2F)CC1. The third kappa shape index (κ3) is 4.01. The number of hydrogen-bond donors (Lipinski definition) is 1. The third-order valence-electron chi connectivity index (χ3n) is 5.57. The zero-order valence-electron chi connectivity index (χ0n) is 16.2. The van der Waals surface area contributed by atoms with E-state index in [2.05, 4.69) is 14.8 Å². The van der Waals surface area contributed by atoms with Crippen molar-refractivity contribution in [3.63, 3.8) is 0 Å². The van der Waals surface area contributed by atoms with Gasteiger partial charge >= 0.3 is 0 Å². The molecule has 0 amide bonds. The zero-order valence-corrected chi connectivity index (χ0v) is 16.2. The van der Waals surface area contributed by atoms with Crippen molar-refractivity contribution in [2.24, 2.45) is 0 Å². The van der Waals surface area contributed by atoms with Gasteiger partial charge in [0.1, 0.15) is 5.82 Å². The molecule has 1 aliphatic heterocycles. The van der Waals surface area contributed by atoms with E-state index >= 15 is 0 Å². The van der Waals surface area contributed by atoms with Crippen LogP contribution in [0.5, 0.6) is 0 Å². The van der Waals surface area contributed by atoms with Crippen molar-refractivity contribution in [2.45, 2.75) is 19.9 Å². The van der Waals surface area contributed by atoms with E-state index in [-0.39, 0.29) is 11.6 Å². The van der Waals surface area contributed by atoms with Gasteiger partial charge in [0.2, 0.25) is 0 Å². The molecule has 1 aromatic heterocycles. The fourth-order valence-corrected chi connectivity index (χ4v) is 4.13. The largest absolute Gasteiger partial charge is 0.358 e. The Morgan fingerprint density at radius 1 is 1.00 bits per heavy atom. The molecule has 2 aromatic carbocycles. The van der Waals surface area contributed by atoms with Crippen LogP contribution in [0, 0.1) is 12.7 Å². The number of fused-ring (bicyclic) bond motifs is 1. The highest BCUT2D eigenvalue weighted by molar-refractivity contribution is 6.10. The number of H-pyrrole nitrogens is 1. The number of nitrogens with zero attached hydrogens (tertiary/aromatic N) is 2. The molecule has 146 valence electrons. The van der Waals surface area contributed by atoms with Crippen molar-refractivity contribution in [1.82, 2.24) is 14.8 Å². The van der Waals surface area contributed by atoms with Crippen molar-refractivity contribution in [3.8, 4) is 0 Å². The first-order chi connectivity index (χ1) is 13.6. The normalized spacial score (nSPS) is 16.4. The number of Topliss-reactive ketones (excluding diaryl/α,β-unsaturated/α-hetero) is 1. The fourth-order valence-electron chi connectivity index (χ4n) is 4.13. The van der Waals surface area contributed by atoms with Gasteiger partial charge in [-0.1, -0.05) is 36.4 Å². The molecular formula is C23H26FN3O. The van der Waals surface area contributed by atoms with Crippen LogP contribution in [0.3, 0.4) is 0 Å². The predicted molar refractivity (Wildman–Crippen MR) is 110 cm³/mol. The lowest BCUT2D eigenvalue weighted by atomic mass is 10.1. The van der Waals surface area contributed by atoms with Crippen LogP contribution in [-0.2, 0) is 6.54 Å². The van der Waals surface area contributed by atoms with Crippen molar-refractivity contribution in [2.75, 3.05) is 32.7 Å². The molecule has 4 rings (SSSR count). The van der Waals surface area contributed by atoms with Crippen LogP contribution in [0.1, 0.15) is 28.0 Å². The predicted octanol–water partition coefficient (Wildman–Crippen LogP) is 4.01. The Bertz CT molecular complexity index is 981. The number of ketones is 1. The summed E-state index contributed by atoms with van der Waals surface area (Å²) in [7, 11) is 0. The highest BCUT2D eigenvalue weighted by atomic mass is 19.1. The van der Waals surface area contributed by atoms with Crippen molar-refractivity contribution >= 4 is 16.7 Å². The highest BCUT2D eigenvalue weighted by Crippen LogP contribution is 2.23. The van der Waals surface area contributed by atoms with E-state index in [0.717, 1.165) is 60.3 Å². The first-order valence-corrected chi connectivity index (χ1v) is 9.90. The summed E-state index contributed by atoms with van der Waals surface area (Å²) < 4.78 is 13.9. The van der Waals surface area contributed by atoms with Gasteiger partial charge in [0.25, 0.3) is 0 Å². The summed E-state index contributed by atoms with van der Waals surface area (Å²) in [6.07, 6.45) is 0.981. The lowest BCUT2D eigenvalue weighted by molar-refractivity contribution is 0.0933. The van der Waals surface area contributed by atoms with Gasteiger partial charge in [-0.3, -0.25) is 14.6 Å². The van der Waals surface area contributed by atoms with Crippen molar-refractivity contribution in [1.29, 1.82) is 0 Å². The van der Waals surface area contributed by atoms with Gasteiger partial charge < -0.3 is 4.98 Å². The maximum absolute atomic E-state index is 13.9. The second-order valence-corrected chi connectivity index (χ2v) is 7.59. The fraction of sp³-hybridized carbons (Fsp3) is 0.348. The standard InChI is InChI=1S/C23H26FN3O/c1-17-23(19-8-3-5-10-21(19)25-17)22(28)16-27-12-6-11-26(13-14-27)15-18-7-2-4-9-20(18)24/h2-5,7-10,25H,6,11-16H2,1H3. The number of aryl methyl sites for hydroxylation is 1. The second kappa shape index (κ2) is 8.25. The molecule has 0 atom stereocenters. The van der Waals surface area contributed by atoms with Gasteiger partial charge in [0.15, 0.2) is 5.78 Å². The quantitative estimate of drug-likeness (QED) is 0.681. The number of rotatable bonds is 5. The number of benzene rings is 2. The molecule has 1 N–H and O–H groups in total. The van der Waals surface area contributed by atoms with Gasteiger partial charge in [-0.2, -0.15) is 0 Å². The molecule has 1 saturated heterocycles. The van der Waals surface area contributed by atoms with Crippen LogP contribution in [0.25, 0.3) is 10.9 Å². The van der Waals surface area contributed by atoms with Crippen molar-refractivity contribution in [3.05, 3.63) is 71.2 Å². The second-order valence-electron chi connectivity index (χ2n) is 7.59. The number of para-hydroxylation sites is 1. The molecule has 0 aliphatic carbocycles. The summed E-state index contributed by atoms with van der Waals surface area (Å²) in [4.78, 5) is 20.8. The Labute approximate surface area is 165 Å². The lowest BCUT2D eigenvalue weighted by Crippen LogP contribution is -2.34. The van der Waals surface area contributed by atoms with E-state index in [4.69, 9.17) is 0 Å². The number of carbonyl (C=O) groups is 1. The summed E-state index contributed by atoms with van der Waals surface area (Å²) in [6.45, 7) is 6.49. The summed E-state index contributed by atoms with van der Waals surface area (Å²) in [5.74, 6) is 0.0195. The average molecular weight is 379 g/mol. The maximum atomic E-state index is 13.9. The monoisotopic (exact) mass is 379 g/mol. The first-order valence-electron chi connectivity index (χ1n) is 9.90. The third-order valence-corrected chi connectivity index (χ3v) is 5.57. The molecule has 2 heterocycles. The number of carbonyl (C=O) groups excluding carboxylic acids is 1. The van der Waals surface area contributed by atoms with E-state index in [1.54, 1.807) is 6.07 Å². The molecule has 0 spiro atoms. The van der Waals surface area contributed by atoms with Gasteiger partial charge in [0, 0.05) is 47.4 Å². The van der Waals surface area contributed by atoms with Gasteiger partial charge in [-0.05, 0) is 38.6 Å².